The van der Waals surface area contributed by atoms with Crippen molar-refractivity contribution in [1.82, 2.24) is 4.98 Å². The highest BCUT2D eigenvalue weighted by Crippen LogP contribution is 2.39. The summed E-state index contributed by atoms with van der Waals surface area (Å²) >= 11 is 2.65. The Morgan fingerprint density at radius 3 is 2.43 bits per heavy atom. The normalized spacial score (nSPS) is 11.4. The van der Waals surface area contributed by atoms with Crippen LogP contribution in [0, 0.1) is 0 Å². The molecular weight excluding hydrogens is 271 g/mol. The summed E-state index contributed by atoms with van der Waals surface area (Å²) in [6.45, 7) is 0. The SMILES string of the molecule is Oc1cnc(OC(F)(F)F)c(O)c1Br. The summed E-state index contributed by atoms with van der Waals surface area (Å²) in [5, 5.41) is 18.0. The average Bonchev–Trinajstić information content (AvgIpc) is 2.04. The molecule has 0 bridgehead atoms. The lowest BCUT2D eigenvalue weighted by atomic mass is 10.4. The monoisotopic (exact) mass is 273 g/mol. The van der Waals surface area contributed by atoms with Crippen molar-refractivity contribution < 1.29 is 28.1 Å². The third kappa shape index (κ3) is 2.41. The van der Waals surface area contributed by atoms with Crippen LogP contribution in [0.4, 0.5) is 13.2 Å². The number of hydrogen-bond acceptors (Lipinski definition) is 4. The molecule has 8 heteroatoms. The lowest BCUT2D eigenvalue weighted by molar-refractivity contribution is -0.276. The third-order valence-corrected chi connectivity index (χ3v) is 1.93. The fraction of sp³-hybridized carbons (Fsp3) is 0.167. The van der Waals surface area contributed by atoms with Crippen LogP contribution in [-0.4, -0.2) is 21.6 Å². The summed E-state index contributed by atoms with van der Waals surface area (Å²) in [5.74, 6) is -2.43. The molecule has 0 saturated heterocycles. The van der Waals surface area contributed by atoms with Crippen LogP contribution in [0.1, 0.15) is 0 Å². The molecule has 0 aliphatic heterocycles. The van der Waals surface area contributed by atoms with Crippen molar-refractivity contribution in [1.29, 1.82) is 0 Å². The van der Waals surface area contributed by atoms with Gasteiger partial charge in [-0.15, -0.1) is 13.2 Å². The number of halogens is 4. The van der Waals surface area contributed by atoms with Crippen molar-refractivity contribution in [2.45, 2.75) is 6.36 Å². The molecule has 0 spiro atoms. The van der Waals surface area contributed by atoms with Gasteiger partial charge in [-0.1, -0.05) is 0 Å². The van der Waals surface area contributed by atoms with Crippen molar-refractivity contribution in [2.24, 2.45) is 0 Å². The van der Waals surface area contributed by atoms with Crippen LogP contribution in [0.15, 0.2) is 10.7 Å². The molecular formula is C6H3BrF3NO3. The minimum Gasteiger partial charge on any atom is -0.505 e. The van der Waals surface area contributed by atoms with Crippen molar-refractivity contribution >= 4 is 15.9 Å². The third-order valence-electron chi connectivity index (χ3n) is 1.15. The summed E-state index contributed by atoms with van der Waals surface area (Å²) in [5.41, 5.74) is 0. The Kier molecular flexibility index (Phi) is 2.74. The quantitative estimate of drug-likeness (QED) is 0.823. The van der Waals surface area contributed by atoms with Crippen molar-refractivity contribution in [3.63, 3.8) is 0 Å². The second kappa shape index (κ2) is 3.52. The van der Waals surface area contributed by atoms with E-state index in [1.54, 1.807) is 0 Å². The van der Waals surface area contributed by atoms with Crippen LogP contribution in [0.25, 0.3) is 0 Å². The Balaban J connectivity index is 3.06. The van der Waals surface area contributed by atoms with E-state index in [4.69, 9.17) is 10.2 Å². The molecule has 0 aromatic carbocycles. The van der Waals surface area contributed by atoms with E-state index in [2.05, 4.69) is 25.7 Å². The predicted octanol–water partition coefficient (Wildman–Crippen LogP) is 2.15. The van der Waals surface area contributed by atoms with E-state index in [1.165, 1.54) is 0 Å². The van der Waals surface area contributed by atoms with Crippen LogP contribution in [0.5, 0.6) is 17.4 Å². The van der Waals surface area contributed by atoms with Gasteiger partial charge in [0.15, 0.2) is 11.5 Å². The molecule has 1 heterocycles. The second-order valence-corrected chi connectivity index (χ2v) is 2.95. The van der Waals surface area contributed by atoms with Gasteiger partial charge in [0.2, 0.25) is 0 Å². The molecule has 0 atom stereocenters. The minimum atomic E-state index is -4.94. The standard InChI is InChI=1S/C6H3BrF3NO3/c7-3-2(12)1-11-5(4(3)13)14-6(8,9)10/h1,12-13H. The molecule has 0 radical (unpaired) electrons. The number of alkyl halides is 3. The molecule has 4 nitrogen and oxygen atoms in total. The molecule has 0 amide bonds. The van der Waals surface area contributed by atoms with Crippen LogP contribution in [-0.2, 0) is 0 Å². The maximum absolute atomic E-state index is 11.7. The zero-order valence-electron chi connectivity index (χ0n) is 6.34. The Morgan fingerprint density at radius 1 is 1.36 bits per heavy atom. The molecule has 0 aliphatic rings. The largest absolute Gasteiger partial charge is 0.574 e. The van der Waals surface area contributed by atoms with Gasteiger partial charge >= 0.3 is 6.36 Å². The second-order valence-electron chi connectivity index (χ2n) is 2.16. The molecule has 14 heavy (non-hydrogen) atoms. The zero-order valence-corrected chi connectivity index (χ0v) is 7.93. The van der Waals surface area contributed by atoms with Crippen molar-refractivity contribution in [3.8, 4) is 17.4 Å². The topological polar surface area (TPSA) is 62.6 Å². The number of pyridine rings is 1. The lowest BCUT2D eigenvalue weighted by Gasteiger charge is -2.09. The van der Waals surface area contributed by atoms with E-state index in [9.17, 15) is 13.2 Å². The maximum Gasteiger partial charge on any atom is 0.574 e. The van der Waals surface area contributed by atoms with E-state index in [1.807, 2.05) is 0 Å². The van der Waals surface area contributed by atoms with Gasteiger partial charge in [0, 0.05) is 0 Å². The van der Waals surface area contributed by atoms with Gasteiger partial charge in [-0.25, -0.2) is 4.98 Å². The first kappa shape index (κ1) is 10.9. The van der Waals surface area contributed by atoms with E-state index < -0.39 is 23.7 Å². The van der Waals surface area contributed by atoms with E-state index >= 15 is 0 Å². The Morgan fingerprint density at radius 2 is 1.93 bits per heavy atom. The van der Waals surface area contributed by atoms with Crippen molar-refractivity contribution in [2.75, 3.05) is 0 Å². The molecule has 0 unspecified atom stereocenters. The van der Waals surface area contributed by atoms with Gasteiger partial charge in [0.05, 0.1) is 6.20 Å². The number of aromatic hydroxyl groups is 2. The van der Waals surface area contributed by atoms with E-state index in [0.29, 0.717) is 6.20 Å². The van der Waals surface area contributed by atoms with Gasteiger partial charge < -0.3 is 14.9 Å². The molecule has 2 N–H and O–H groups in total. The lowest BCUT2D eigenvalue weighted by Crippen LogP contribution is -2.18. The summed E-state index contributed by atoms with van der Waals surface area (Å²) in [6, 6.07) is 0. The fourth-order valence-electron chi connectivity index (χ4n) is 0.637. The smallest absolute Gasteiger partial charge is 0.505 e. The first-order chi connectivity index (χ1) is 6.31. The molecule has 78 valence electrons. The number of rotatable bonds is 1. The zero-order chi connectivity index (χ0) is 10.9. The summed E-state index contributed by atoms with van der Waals surface area (Å²) in [6.07, 6.45) is -4.23. The van der Waals surface area contributed by atoms with Crippen LogP contribution in [0.3, 0.4) is 0 Å². The highest BCUT2D eigenvalue weighted by molar-refractivity contribution is 9.10. The number of ether oxygens (including phenoxy) is 1. The molecule has 0 fully saturated rings. The molecule has 1 aromatic heterocycles. The first-order valence-electron chi connectivity index (χ1n) is 3.13. The fourth-order valence-corrected chi connectivity index (χ4v) is 0.909. The molecule has 1 aromatic rings. The van der Waals surface area contributed by atoms with Crippen LogP contribution >= 0.6 is 15.9 Å². The van der Waals surface area contributed by atoms with E-state index in [0.717, 1.165) is 0 Å². The predicted molar refractivity (Wildman–Crippen MR) is 41.9 cm³/mol. The number of nitrogens with zero attached hydrogens (tertiary/aromatic N) is 1. The van der Waals surface area contributed by atoms with Gasteiger partial charge in [0.25, 0.3) is 5.88 Å². The first-order valence-corrected chi connectivity index (χ1v) is 3.92. The average molecular weight is 274 g/mol. The summed E-state index contributed by atoms with van der Waals surface area (Å²) < 4.78 is 38.2. The number of aromatic nitrogens is 1. The Bertz CT molecular complexity index is 355. The minimum absolute atomic E-state index is 0.313. The summed E-state index contributed by atoms with van der Waals surface area (Å²) in [7, 11) is 0. The van der Waals surface area contributed by atoms with Crippen LogP contribution in [0.2, 0.25) is 0 Å². The van der Waals surface area contributed by atoms with Crippen molar-refractivity contribution in [3.05, 3.63) is 10.7 Å². The molecule has 1 rings (SSSR count). The van der Waals surface area contributed by atoms with Gasteiger partial charge in [-0.05, 0) is 15.9 Å². The van der Waals surface area contributed by atoms with E-state index in [-0.39, 0.29) is 4.47 Å². The Hall–Kier alpha value is -1.18. The van der Waals surface area contributed by atoms with Crippen LogP contribution < -0.4 is 4.74 Å². The van der Waals surface area contributed by atoms with Gasteiger partial charge in [0.1, 0.15) is 4.47 Å². The number of hydrogen-bond donors (Lipinski definition) is 2. The molecule has 0 saturated carbocycles. The van der Waals surface area contributed by atoms with Gasteiger partial charge in [-0.3, -0.25) is 0 Å². The maximum atomic E-state index is 11.7. The molecule has 0 aliphatic carbocycles. The Labute approximate surface area is 84.1 Å². The highest BCUT2D eigenvalue weighted by atomic mass is 79.9. The van der Waals surface area contributed by atoms with Gasteiger partial charge in [-0.2, -0.15) is 0 Å². The summed E-state index contributed by atoms with van der Waals surface area (Å²) in [4.78, 5) is 3.05. The highest BCUT2D eigenvalue weighted by Gasteiger charge is 2.33.